The van der Waals surface area contributed by atoms with Gasteiger partial charge in [0.1, 0.15) is 0 Å². The number of nitrogens with one attached hydrogen (secondary N) is 1. The third-order valence-corrected chi connectivity index (χ3v) is 3.56. The summed E-state index contributed by atoms with van der Waals surface area (Å²) >= 11 is 1.52. The van der Waals surface area contributed by atoms with E-state index in [1.807, 2.05) is 0 Å². The van der Waals surface area contributed by atoms with Crippen LogP contribution >= 0.6 is 11.8 Å². The summed E-state index contributed by atoms with van der Waals surface area (Å²) < 4.78 is 26.0. The summed E-state index contributed by atoms with van der Waals surface area (Å²) in [6.45, 7) is 2.89. The van der Waals surface area contributed by atoms with Gasteiger partial charge < -0.3 is 0 Å². The first-order valence-corrected chi connectivity index (χ1v) is 7.14. The molecule has 3 nitrogen and oxygen atoms in total. The standard InChI is InChI=1S/C13H15F2N3S/c1-2-3-6-16-13-18-17-12(8-19-13)9-4-5-10(14)11(15)7-9/h4-5,7H,2-3,6,8H2,1H3,(H,16,18). The highest BCUT2D eigenvalue weighted by molar-refractivity contribution is 8.14. The highest BCUT2D eigenvalue weighted by Gasteiger charge is 2.14. The van der Waals surface area contributed by atoms with E-state index in [0.29, 0.717) is 17.0 Å². The van der Waals surface area contributed by atoms with Crippen molar-refractivity contribution in [2.45, 2.75) is 19.8 Å². The van der Waals surface area contributed by atoms with Crippen LogP contribution in [0, 0.1) is 11.6 Å². The molecule has 1 aromatic carbocycles. The molecule has 0 radical (unpaired) electrons. The summed E-state index contributed by atoms with van der Waals surface area (Å²) in [6.07, 6.45) is 2.15. The summed E-state index contributed by atoms with van der Waals surface area (Å²) in [4.78, 5) is 4.36. The number of rotatable bonds is 4. The van der Waals surface area contributed by atoms with Crippen molar-refractivity contribution >= 4 is 22.6 Å². The first kappa shape index (κ1) is 14.0. The average molecular weight is 283 g/mol. The number of hydrazone groups is 1. The third-order valence-electron chi connectivity index (χ3n) is 2.65. The summed E-state index contributed by atoms with van der Waals surface area (Å²) in [5, 5.41) is 4.93. The van der Waals surface area contributed by atoms with E-state index in [1.165, 1.54) is 17.8 Å². The topological polar surface area (TPSA) is 36.8 Å². The molecule has 0 fully saturated rings. The molecule has 102 valence electrons. The number of hydrogen-bond donors (Lipinski definition) is 1. The van der Waals surface area contributed by atoms with Crippen molar-refractivity contribution in [3.05, 3.63) is 35.4 Å². The van der Waals surface area contributed by atoms with Crippen LogP contribution in [-0.2, 0) is 0 Å². The SMILES string of the molecule is CCCCN=C1NN=C(c2ccc(F)c(F)c2)CS1. The number of aliphatic imine (C=N–C) groups is 1. The predicted molar refractivity (Wildman–Crippen MR) is 75.7 cm³/mol. The Morgan fingerprint density at radius 1 is 1.37 bits per heavy atom. The molecule has 6 heteroatoms. The van der Waals surface area contributed by atoms with Crippen LogP contribution in [-0.4, -0.2) is 23.2 Å². The maximum absolute atomic E-state index is 13.1. The minimum atomic E-state index is -0.854. The van der Waals surface area contributed by atoms with E-state index in [0.717, 1.165) is 36.7 Å². The highest BCUT2D eigenvalue weighted by atomic mass is 32.2. The molecule has 0 spiro atoms. The molecule has 0 saturated carbocycles. The Labute approximate surface area is 115 Å². The number of halogens is 2. The Morgan fingerprint density at radius 3 is 2.84 bits per heavy atom. The van der Waals surface area contributed by atoms with Crippen LogP contribution in [0.25, 0.3) is 0 Å². The minimum absolute atomic E-state index is 0.589. The molecular weight excluding hydrogens is 268 g/mol. The Morgan fingerprint density at radius 2 is 2.21 bits per heavy atom. The summed E-state index contributed by atoms with van der Waals surface area (Å²) in [7, 11) is 0. The molecule has 0 atom stereocenters. The molecule has 1 aliphatic rings. The second-order valence-electron chi connectivity index (χ2n) is 4.13. The fraction of sp³-hybridized carbons (Fsp3) is 0.385. The van der Waals surface area contributed by atoms with Gasteiger partial charge in [0.2, 0.25) is 0 Å². The molecule has 1 heterocycles. The van der Waals surface area contributed by atoms with Crippen LogP contribution < -0.4 is 5.43 Å². The van der Waals surface area contributed by atoms with Crippen LogP contribution in [0.5, 0.6) is 0 Å². The lowest BCUT2D eigenvalue weighted by atomic mass is 10.1. The first-order valence-electron chi connectivity index (χ1n) is 6.16. The second kappa shape index (κ2) is 6.65. The van der Waals surface area contributed by atoms with Gasteiger partial charge in [-0.3, -0.25) is 10.4 Å². The Bertz CT molecular complexity index is 515. The lowest BCUT2D eigenvalue weighted by Gasteiger charge is -2.14. The zero-order valence-electron chi connectivity index (χ0n) is 10.6. The maximum Gasteiger partial charge on any atom is 0.177 e. The highest BCUT2D eigenvalue weighted by Crippen LogP contribution is 2.16. The van der Waals surface area contributed by atoms with Gasteiger partial charge in [0, 0.05) is 17.9 Å². The van der Waals surface area contributed by atoms with Crippen LogP contribution in [0.1, 0.15) is 25.3 Å². The molecule has 1 aliphatic heterocycles. The Balaban J connectivity index is 2.04. The van der Waals surface area contributed by atoms with Crippen molar-refractivity contribution in [3.63, 3.8) is 0 Å². The zero-order valence-corrected chi connectivity index (χ0v) is 11.4. The van der Waals surface area contributed by atoms with Gasteiger partial charge in [0.05, 0.1) is 5.71 Å². The normalized spacial score (nSPS) is 17.2. The van der Waals surface area contributed by atoms with Gasteiger partial charge in [-0.2, -0.15) is 5.10 Å². The van der Waals surface area contributed by atoms with Crippen molar-refractivity contribution in [1.82, 2.24) is 5.43 Å². The summed E-state index contributed by atoms with van der Waals surface area (Å²) in [5.74, 6) is -1.10. The van der Waals surface area contributed by atoms with E-state index in [1.54, 1.807) is 0 Å². The fourth-order valence-electron chi connectivity index (χ4n) is 1.56. The van der Waals surface area contributed by atoms with Crippen LogP contribution in [0.2, 0.25) is 0 Å². The smallest absolute Gasteiger partial charge is 0.177 e. The minimum Gasteiger partial charge on any atom is -0.261 e. The van der Waals surface area contributed by atoms with Crippen molar-refractivity contribution in [1.29, 1.82) is 0 Å². The van der Waals surface area contributed by atoms with Gasteiger partial charge in [0.25, 0.3) is 0 Å². The van der Waals surface area contributed by atoms with Crippen molar-refractivity contribution < 1.29 is 8.78 Å². The third kappa shape index (κ3) is 3.76. The van der Waals surface area contributed by atoms with Gasteiger partial charge in [0.15, 0.2) is 16.8 Å². The Hall–Kier alpha value is -1.43. The van der Waals surface area contributed by atoms with Crippen molar-refractivity contribution in [2.75, 3.05) is 12.3 Å². The number of unbranched alkanes of at least 4 members (excludes halogenated alkanes) is 1. The van der Waals surface area contributed by atoms with E-state index >= 15 is 0 Å². The van der Waals surface area contributed by atoms with Gasteiger partial charge in [-0.15, -0.1) is 0 Å². The largest absolute Gasteiger partial charge is 0.261 e. The van der Waals surface area contributed by atoms with Gasteiger partial charge in [-0.05, 0) is 24.6 Å². The first-order chi connectivity index (χ1) is 9.20. The quantitative estimate of drug-likeness (QED) is 0.862. The number of thioether (sulfide) groups is 1. The monoisotopic (exact) mass is 283 g/mol. The molecule has 0 amide bonds. The number of hydrogen-bond acceptors (Lipinski definition) is 3. The van der Waals surface area contributed by atoms with Crippen molar-refractivity contribution in [2.24, 2.45) is 10.1 Å². The molecule has 2 rings (SSSR count). The van der Waals surface area contributed by atoms with E-state index in [9.17, 15) is 8.78 Å². The second-order valence-corrected chi connectivity index (χ2v) is 5.09. The molecule has 0 aliphatic carbocycles. The van der Waals surface area contributed by atoms with Crippen LogP contribution in [0.15, 0.2) is 28.3 Å². The van der Waals surface area contributed by atoms with Crippen LogP contribution in [0.4, 0.5) is 8.78 Å². The summed E-state index contributed by atoms with van der Waals surface area (Å²) in [6, 6.07) is 3.80. The molecule has 19 heavy (non-hydrogen) atoms. The zero-order chi connectivity index (χ0) is 13.7. The van der Waals surface area contributed by atoms with E-state index in [-0.39, 0.29) is 0 Å². The molecule has 0 saturated heterocycles. The average Bonchev–Trinajstić information content (AvgIpc) is 2.43. The number of nitrogens with zero attached hydrogens (tertiary/aromatic N) is 2. The van der Waals surface area contributed by atoms with E-state index < -0.39 is 11.6 Å². The lowest BCUT2D eigenvalue weighted by molar-refractivity contribution is 0.508. The molecule has 1 N–H and O–H groups in total. The lowest BCUT2D eigenvalue weighted by Crippen LogP contribution is -2.25. The predicted octanol–water partition coefficient (Wildman–Crippen LogP) is 3.16. The molecular formula is C13H15F2N3S. The Kier molecular flexibility index (Phi) is 4.90. The molecule has 0 bridgehead atoms. The summed E-state index contributed by atoms with van der Waals surface area (Å²) in [5.41, 5.74) is 4.13. The number of benzene rings is 1. The van der Waals surface area contributed by atoms with Crippen LogP contribution in [0.3, 0.4) is 0 Å². The molecule has 0 unspecified atom stereocenters. The van der Waals surface area contributed by atoms with E-state index in [4.69, 9.17) is 0 Å². The maximum atomic E-state index is 13.1. The molecule has 0 aromatic heterocycles. The van der Waals surface area contributed by atoms with Gasteiger partial charge in [-0.1, -0.05) is 25.1 Å². The number of amidine groups is 1. The van der Waals surface area contributed by atoms with Gasteiger partial charge >= 0.3 is 0 Å². The molecule has 1 aromatic rings. The van der Waals surface area contributed by atoms with Gasteiger partial charge in [-0.25, -0.2) is 8.78 Å². The van der Waals surface area contributed by atoms with E-state index in [2.05, 4.69) is 22.4 Å². The van der Waals surface area contributed by atoms with Crippen molar-refractivity contribution in [3.8, 4) is 0 Å². The fourth-order valence-corrected chi connectivity index (χ4v) is 2.36.